The number of benzene rings is 3. The highest BCUT2D eigenvalue weighted by Crippen LogP contribution is 2.43. The molecule has 0 unspecified atom stereocenters. The van der Waals surface area contributed by atoms with Gasteiger partial charge in [-0.2, -0.15) is 0 Å². The quantitative estimate of drug-likeness (QED) is 0.398. The van der Waals surface area contributed by atoms with Gasteiger partial charge in [0.15, 0.2) is 0 Å². The van der Waals surface area contributed by atoms with Crippen LogP contribution in [0.1, 0.15) is 27.0 Å². The third-order valence-corrected chi connectivity index (χ3v) is 6.38. The summed E-state index contributed by atoms with van der Waals surface area (Å²) in [4.78, 5) is 29.6. The van der Waals surface area contributed by atoms with Gasteiger partial charge in [0, 0.05) is 24.1 Å². The second-order valence-corrected chi connectivity index (χ2v) is 8.92. The van der Waals surface area contributed by atoms with E-state index in [1.54, 1.807) is 24.1 Å². The van der Waals surface area contributed by atoms with Crippen molar-refractivity contribution in [3.63, 3.8) is 0 Å². The van der Waals surface area contributed by atoms with Gasteiger partial charge in [-0.1, -0.05) is 71.9 Å². The van der Waals surface area contributed by atoms with Crippen LogP contribution in [0, 0.1) is 6.92 Å². The topological polar surface area (TPSA) is 58.6 Å². The van der Waals surface area contributed by atoms with Gasteiger partial charge in [-0.15, -0.1) is 0 Å². The number of carbonyl (C=O) groups excluding carboxylic acids is 2. The number of amides is 2. The first-order valence-corrected chi connectivity index (χ1v) is 11.6. The summed E-state index contributed by atoms with van der Waals surface area (Å²) < 4.78 is 5.01. The van der Waals surface area contributed by atoms with E-state index in [1.807, 2.05) is 67.6 Å². The Morgan fingerprint density at radius 1 is 1.06 bits per heavy atom. The third kappa shape index (κ3) is 5.53. The summed E-state index contributed by atoms with van der Waals surface area (Å²) in [5.41, 5.74) is 4.41. The summed E-state index contributed by atoms with van der Waals surface area (Å²) in [7, 11) is 1.59. The highest BCUT2D eigenvalue weighted by molar-refractivity contribution is 8.04. The van der Waals surface area contributed by atoms with Crippen molar-refractivity contribution in [1.29, 1.82) is 0 Å². The summed E-state index contributed by atoms with van der Waals surface area (Å²) >= 11 is 1.44. The molecule has 0 spiro atoms. The van der Waals surface area contributed by atoms with Crippen LogP contribution in [0.4, 0.5) is 5.69 Å². The number of aryl methyl sites for hydroxylation is 1. The molecule has 6 heteroatoms. The van der Waals surface area contributed by atoms with E-state index in [0.29, 0.717) is 30.2 Å². The number of anilines is 1. The van der Waals surface area contributed by atoms with Gasteiger partial charge in [0.25, 0.3) is 11.8 Å². The van der Waals surface area contributed by atoms with E-state index < -0.39 is 0 Å². The van der Waals surface area contributed by atoms with E-state index in [9.17, 15) is 9.59 Å². The van der Waals surface area contributed by atoms with Gasteiger partial charge in [-0.05, 0) is 42.3 Å². The number of carbonyl (C=O) groups is 2. The molecule has 1 heterocycles. The number of ether oxygens (including phenoxy) is 1. The van der Waals surface area contributed by atoms with Crippen molar-refractivity contribution in [2.45, 2.75) is 18.4 Å². The van der Waals surface area contributed by atoms with E-state index in [4.69, 9.17) is 4.74 Å². The van der Waals surface area contributed by atoms with Crippen molar-refractivity contribution in [2.24, 2.45) is 0 Å². The van der Waals surface area contributed by atoms with E-state index in [1.165, 1.54) is 11.8 Å². The lowest BCUT2D eigenvalue weighted by atomic mass is 10.1. The van der Waals surface area contributed by atoms with Crippen molar-refractivity contribution < 1.29 is 14.3 Å². The van der Waals surface area contributed by atoms with Gasteiger partial charge in [0.05, 0.1) is 23.7 Å². The lowest BCUT2D eigenvalue weighted by molar-refractivity contribution is -0.114. The normalized spacial score (nSPS) is 14.3. The maximum Gasteiger partial charge on any atom is 0.265 e. The zero-order valence-electron chi connectivity index (χ0n) is 18.7. The highest BCUT2D eigenvalue weighted by Gasteiger charge is 2.30. The first kappa shape index (κ1) is 22.8. The molecule has 0 atom stereocenters. The molecule has 0 saturated heterocycles. The second-order valence-electron chi connectivity index (χ2n) is 7.83. The lowest BCUT2D eigenvalue weighted by Gasteiger charge is -2.31. The Balaban J connectivity index is 1.71. The molecule has 3 aromatic carbocycles. The fourth-order valence-corrected chi connectivity index (χ4v) is 4.71. The van der Waals surface area contributed by atoms with Crippen LogP contribution >= 0.6 is 11.8 Å². The zero-order chi connectivity index (χ0) is 23.2. The molecule has 0 saturated carbocycles. The molecule has 0 radical (unpaired) electrons. The van der Waals surface area contributed by atoms with Crippen molar-refractivity contribution in [2.75, 3.05) is 25.2 Å². The molecule has 5 nitrogen and oxygen atoms in total. The first-order valence-electron chi connectivity index (χ1n) is 10.8. The van der Waals surface area contributed by atoms with E-state index in [0.717, 1.165) is 27.3 Å². The molecule has 0 aliphatic carbocycles. The SMILES string of the molecule is COCCNC(=O)c1ccc2c(c1)N(Cc1cccc(C)c1)C(=O)/C(=C\c1ccccc1)S2. The second kappa shape index (κ2) is 10.5. The highest BCUT2D eigenvalue weighted by atomic mass is 32.2. The van der Waals surface area contributed by atoms with Crippen LogP contribution in [0.15, 0.2) is 82.6 Å². The molecule has 1 aliphatic heterocycles. The van der Waals surface area contributed by atoms with Gasteiger partial charge < -0.3 is 15.0 Å². The summed E-state index contributed by atoms with van der Waals surface area (Å²) in [5, 5.41) is 2.85. The van der Waals surface area contributed by atoms with Crippen LogP contribution in [0.3, 0.4) is 0 Å². The fraction of sp³-hybridized carbons (Fsp3) is 0.185. The Labute approximate surface area is 198 Å². The van der Waals surface area contributed by atoms with Crippen LogP contribution in [-0.4, -0.2) is 32.1 Å². The Morgan fingerprint density at radius 2 is 1.88 bits per heavy atom. The number of nitrogens with zero attached hydrogens (tertiary/aromatic N) is 1. The maximum absolute atomic E-state index is 13.6. The predicted molar refractivity (Wildman–Crippen MR) is 133 cm³/mol. The van der Waals surface area contributed by atoms with Crippen LogP contribution in [0.25, 0.3) is 6.08 Å². The van der Waals surface area contributed by atoms with Crippen LogP contribution in [0.2, 0.25) is 0 Å². The summed E-state index contributed by atoms with van der Waals surface area (Å²) in [6.45, 7) is 3.33. The number of hydrogen-bond donors (Lipinski definition) is 1. The summed E-state index contributed by atoms with van der Waals surface area (Å²) in [6, 6.07) is 23.5. The van der Waals surface area contributed by atoms with Gasteiger partial charge in [-0.3, -0.25) is 9.59 Å². The van der Waals surface area contributed by atoms with E-state index >= 15 is 0 Å². The van der Waals surface area contributed by atoms with Crippen LogP contribution in [-0.2, 0) is 16.1 Å². The predicted octanol–water partition coefficient (Wildman–Crippen LogP) is 5.05. The van der Waals surface area contributed by atoms with Gasteiger partial charge >= 0.3 is 0 Å². The molecular weight excluding hydrogens is 432 g/mol. The Bertz CT molecular complexity index is 1190. The first-order chi connectivity index (χ1) is 16.0. The average Bonchev–Trinajstić information content (AvgIpc) is 2.82. The Morgan fingerprint density at radius 3 is 2.64 bits per heavy atom. The summed E-state index contributed by atoms with van der Waals surface area (Å²) in [6.07, 6.45) is 1.92. The van der Waals surface area contributed by atoms with Crippen molar-refractivity contribution in [1.82, 2.24) is 5.32 Å². The zero-order valence-corrected chi connectivity index (χ0v) is 19.5. The Hall–Kier alpha value is -3.35. The van der Waals surface area contributed by atoms with Gasteiger partial charge in [0.1, 0.15) is 0 Å². The summed E-state index contributed by atoms with van der Waals surface area (Å²) in [5.74, 6) is -0.261. The van der Waals surface area contributed by atoms with Crippen LogP contribution in [0.5, 0.6) is 0 Å². The molecule has 33 heavy (non-hydrogen) atoms. The smallest absolute Gasteiger partial charge is 0.265 e. The molecule has 4 rings (SSSR count). The molecule has 0 bridgehead atoms. The molecule has 0 aromatic heterocycles. The fourth-order valence-electron chi connectivity index (χ4n) is 3.67. The number of rotatable bonds is 7. The molecule has 2 amide bonds. The van der Waals surface area contributed by atoms with E-state index in [-0.39, 0.29) is 11.8 Å². The molecule has 0 fully saturated rings. The molecule has 3 aromatic rings. The molecule has 1 aliphatic rings. The minimum Gasteiger partial charge on any atom is -0.383 e. The number of thioether (sulfide) groups is 1. The van der Waals surface area contributed by atoms with Crippen LogP contribution < -0.4 is 10.2 Å². The number of hydrogen-bond acceptors (Lipinski definition) is 4. The molecular formula is C27H26N2O3S. The monoisotopic (exact) mass is 458 g/mol. The van der Waals surface area contributed by atoms with Crippen molar-refractivity contribution in [3.8, 4) is 0 Å². The van der Waals surface area contributed by atoms with E-state index in [2.05, 4.69) is 11.4 Å². The van der Waals surface area contributed by atoms with Gasteiger partial charge in [0.2, 0.25) is 0 Å². The number of fused-ring (bicyclic) bond motifs is 1. The molecule has 1 N–H and O–H groups in total. The standard InChI is InChI=1S/C27H26N2O3S/c1-19-7-6-10-21(15-19)18-29-23-17-22(26(30)28-13-14-32-2)11-12-24(23)33-25(27(29)31)16-20-8-4-3-5-9-20/h3-12,15-17H,13-14,18H2,1-2H3,(H,28,30)/b25-16+. The van der Waals surface area contributed by atoms with Gasteiger partial charge in [-0.25, -0.2) is 0 Å². The minimum absolute atomic E-state index is 0.0743. The minimum atomic E-state index is -0.187. The molecule has 168 valence electrons. The number of nitrogens with one attached hydrogen (secondary N) is 1. The lowest BCUT2D eigenvalue weighted by Crippen LogP contribution is -2.34. The average molecular weight is 459 g/mol. The largest absolute Gasteiger partial charge is 0.383 e. The number of methoxy groups -OCH3 is 1. The van der Waals surface area contributed by atoms with Crippen molar-refractivity contribution >= 4 is 35.3 Å². The third-order valence-electron chi connectivity index (χ3n) is 5.30. The maximum atomic E-state index is 13.6. The van der Waals surface area contributed by atoms with Crippen molar-refractivity contribution in [3.05, 3.63) is 100.0 Å². The Kier molecular flexibility index (Phi) is 7.27.